The van der Waals surface area contributed by atoms with Crippen molar-refractivity contribution in [3.05, 3.63) is 41.6 Å². The van der Waals surface area contributed by atoms with E-state index in [9.17, 15) is 18.4 Å². The number of amides is 2. The van der Waals surface area contributed by atoms with Gasteiger partial charge in [0.05, 0.1) is 12.1 Å². The van der Waals surface area contributed by atoms with Crippen molar-refractivity contribution in [2.24, 2.45) is 0 Å². The van der Waals surface area contributed by atoms with E-state index >= 15 is 0 Å². The van der Waals surface area contributed by atoms with Crippen LogP contribution in [0.5, 0.6) is 0 Å². The summed E-state index contributed by atoms with van der Waals surface area (Å²) < 4.78 is 31.6. The SMILES string of the molecule is O=C1CC[C@H](C(=O)NCc2cc(-c3ccc(F)cc3F)on2)N1. The zero-order valence-electron chi connectivity index (χ0n) is 11.9. The number of hydrogen-bond donors (Lipinski definition) is 2. The van der Waals surface area contributed by atoms with Crippen molar-refractivity contribution in [2.75, 3.05) is 0 Å². The fourth-order valence-electron chi connectivity index (χ4n) is 2.32. The summed E-state index contributed by atoms with van der Waals surface area (Å²) in [5.74, 6) is -1.77. The van der Waals surface area contributed by atoms with Gasteiger partial charge in [-0.15, -0.1) is 0 Å². The van der Waals surface area contributed by atoms with Gasteiger partial charge in [-0.3, -0.25) is 9.59 Å². The number of carbonyl (C=O) groups excluding carboxylic acids is 2. The smallest absolute Gasteiger partial charge is 0.242 e. The van der Waals surface area contributed by atoms with Crippen molar-refractivity contribution in [2.45, 2.75) is 25.4 Å². The predicted molar refractivity (Wildman–Crippen MR) is 74.9 cm³/mol. The minimum atomic E-state index is -0.759. The molecule has 1 aliphatic heterocycles. The lowest BCUT2D eigenvalue weighted by atomic mass is 10.1. The zero-order valence-corrected chi connectivity index (χ0v) is 11.9. The average Bonchev–Trinajstić information content (AvgIpc) is 3.14. The predicted octanol–water partition coefficient (Wildman–Crippen LogP) is 1.51. The average molecular weight is 321 g/mol. The van der Waals surface area contributed by atoms with E-state index in [1.807, 2.05) is 0 Å². The lowest BCUT2D eigenvalue weighted by Gasteiger charge is -2.09. The maximum Gasteiger partial charge on any atom is 0.242 e. The maximum atomic E-state index is 13.7. The first-order valence-corrected chi connectivity index (χ1v) is 7.01. The molecule has 0 unspecified atom stereocenters. The molecule has 1 aromatic heterocycles. The molecule has 6 nitrogen and oxygen atoms in total. The van der Waals surface area contributed by atoms with E-state index in [0.717, 1.165) is 12.1 Å². The van der Waals surface area contributed by atoms with Gasteiger partial charge in [0.25, 0.3) is 0 Å². The zero-order chi connectivity index (χ0) is 16.4. The van der Waals surface area contributed by atoms with Crippen LogP contribution >= 0.6 is 0 Å². The summed E-state index contributed by atoms with van der Waals surface area (Å²) in [5, 5.41) is 8.91. The molecular formula is C15H13F2N3O3. The van der Waals surface area contributed by atoms with E-state index in [1.54, 1.807) is 0 Å². The molecule has 0 radical (unpaired) electrons. The number of nitrogens with zero attached hydrogens (tertiary/aromatic N) is 1. The largest absolute Gasteiger partial charge is 0.356 e. The topological polar surface area (TPSA) is 84.2 Å². The second-order valence-corrected chi connectivity index (χ2v) is 5.18. The van der Waals surface area contributed by atoms with Gasteiger partial charge in [-0.1, -0.05) is 5.16 Å². The standard InChI is InChI=1S/C15H13F2N3O3/c16-8-1-2-10(11(17)5-8)13-6-9(20-23-13)7-18-15(22)12-3-4-14(21)19-12/h1-2,5-6,12H,3-4,7H2,(H,18,22)(H,19,21)/t12-/m1/s1. The lowest BCUT2D eigenvalue weighted by Crippen LogP contribution is -2.41. The van der Waals surface area contributed by atoms with Gasteiger partial charge >= 0.3 is 0 Å². The molecule has 2 amide bonds. The van der Waals surface area contributed by atoms with Gasteiger partial charge in [0.15, 0.2) is 5.76 Å². The first kappa shape index (κ1) is 15.1. The molecule has 2 N–H and O–H groups in total. The third-order valence-electron chi connectivity index (χ3n) is 3.51. The van der Waals surface area contributed by atoms with Gasteiger partial charge in [0, 0.05) is 18.6 Å². The van der Waals surface area contributed by atoms with E-state index in [-0.39, 0.29) is 29.7 Å². The van der Waals surface area contributed by atoms with Crippen molar-refractivity contribution >= 4 is 11.8 Å². The third kappa shape index (κ3) is 3.36. The summed E-state index contributed by atoms with van der Waals surface area (Å²) in [4.78, 5) is 22.9. The van der Waals surface area contributed by atoms with Crippen LogP contribution in [-0.2, 0) is 16.1 Å². The number of nitrogens with one attached hydrogen (secondary N) is 2. The van der Waals surface area contributed by atoms with Gasteiger partial charge in [-0.05, 0) is 18.6 Å². The molecule has 2 heterocycles. The van der Waals surface area contributed by atoms with Crippen LogP contribution in [0.1, 0.15) is 18.5 Å². The summed E-state index contributed by atoms with van der Waals surface area (Å²) in [7, 11) is 0. The van der Waals surface area contributed by atoms with Gasteiger partial charge in [-0.2, -0.15) is 0 Å². The lowest BCUT2D eigenvalue weighted by molar-refractivity contribution is -0.125. The quantitative estimate of drug-likeness (QED) is 0.894. The molecule has 1 aliphatic rings. The molecule has 8 heteroatoms. The van der Waals surface area contributed by atoms with E-state index in [4.69, 9.17) is 4.52 Å². The Bertz CT molecular complexity index is 760. The van der Waals surface area contributed by atoms with Crippen LogP contribution in [0.3, 0.4) is 0 Å². The number of aromatic nitrogens is 1. The molecule has 23 heavy (non-hydrogen) atoms. The summed E-state index contributed by atoms with van der Waals surface area (Å²) in [6, 6.07) is 4.04. The molecule has 2 aromatic rings. The molecule has 0 spiro atoms. The number of halogens is 2. The van der Waals surface area contributed by atoms with Crippen LogP contribution in [0, 0.1) is 11.6 Å². The van der Waals surface area contributed by atoms with Crippen molar-refractivity contribution in [1.29, 1.82) is 0 Å². The van der Waals surface area contributed by atoms with Gasteiger partial charge in [0.1, 0.15) is 23.4 Å². The Morgan fingerprint density at radius 1 is 1.39 bits per heavy atom. The van der Waals surface area contributed by atoms with Crippen LogP contribution < -0.4 is 10.6 Å². The fraction of sp³-hybridized carbons (Fsp3) is 0.267. The normalized spacial score (nSPS) is 17.1. The molecule has 1 aromatic carbocycles. The highest BCUT2D eigenvalue weighted by molar-refractivity contribution is 5.90. The first-order chi connectivity index (χ1) is 11.0. The van der Waals surface area contributed by atoms with Crippen molar-refractivity contribution < 1.29 is 22.9 Å². The number of rotatable bonds is 4. The highest BCUT2D eigenvalue weighted by Gasteiger charge is 2.27. The molecular weight excluding hydrogens is 308 g/mol. The maximum absolute atomic E-state index is 13.7. The number of benzene rings is 1. The monoisotopic (exact) mass is 321 g/mol. The number of hydrogen-bond acceptors (Lipinski definition) is 4. The molecule has 120 valence electrons. The van der Waals surface area contributed by atoms with Crippen LogP contribution in [0.25, 0.3) is 11.3 Å². The number of carbonyl (C=O) groups is 2. The second-order valence-electron chi connectivity index (χ2n) is 5.18. The van der Waals surface area contributed by atoms with Gasteiger partial charge in [-0.25, -0.2) is 8.78 Å². The van der Waals surface area contributed by atoms with Crippen LogP contribution in [0.4, 0.5) is 8.78 Å². The molecule has 1 saturated heterocycles. The van der Waals surface area contributed by atoms with E-state index < -0.39 is 17.7 Å². The molecule has 0 aliphatic carbocycles. The minimum Gasteiger partial charge on any atom is -0.356 e. The van der Waals surface area contributed by atoms with Gasteiger partial charge < -0.3 is 15.2 Å². The molecule has 0 bridgehead atoms. The van der Waals surface area contributed by atoms with Crippen molar-refractivity contribution in [3.63, 3.8) is 0 Å². The Labute approximate surface area is 129 Å². The van der Waals surface area contributed by atoms with Crippen molar-refractivity contribution in [1.82, 2.24) is 15.8 Å². The summed E-state index contributed by atoms with van der Waals surface area (Å²) in [6.07, 6.45) is 0.783. The van der Waals surface area contributed by atoms with Crippen LogP contribution in [0.15, 0.2) is 28.8 Å². The highest BCUT2D eigenvalue weighted by atomic mass is 19.1. The van der Waals surface area contributed by atoms with Crippen molar-refractivity contribution in [3.8, 4) is 11.3 Å². The molecule has 3 rings (SSSR count). The Morgan fingerprint density at radius 2 is 2.22 bits per heavy atom. The summed E-state index contributed by atoms with van der Waals surface area (Å²) in [5.41, 5.74) is 0.473. The minimum absolute atomic E-state index is 0.0809. The summed E-state index contributed by atoms with van der Waals surface area (Å²) in [6.45, 7) is 0.0809. The molecule has 0 saturated carbocycles. The van der Waals surface area contributed by atoms with Crippen LogP contribution in [-0.4, -0.2) is 23.0 Å². The Balaban J connectivity index is 1.63. The van der Waals surface area contributed by atoms with E-state index in [0.29, 0.717) is 18.5 Å². The fourth-order valence-corrected chi connectivity index (χ4v) is 2.32. The Morgan fingerprint density at radius 3 is 2.91 bits per heavy atom. The Kier molecular flexibility index (Phi) is 4.05. The van der Waals surface area contributed by atoms with Crippen LogP contribution in [0.2, 0.25) is 0 Å². The third-order valence-corrected chi connectivity index (χ3v) is 3.51. The second kappa shape index (κ2) is 6.15. The Hall–Kier alpha value is -2.77. The van der Waals surface area contributed by atoms with Gasteiger partial charge in [0.2, 0.25) is 11.8 Å². The van der Waals surface area contributed by atoms with E-state index in [2.05, 4.69) is 15.8 Å². The summed E-state index contributed by atoms with van der Waals surface area (Å²) >= 11 is 0. The molecule has 1 atom stereocenters. The van der Waals surface area contributed by atoms with E-state index in [1.165, 1.54) is 12.1 Å². The first-order valence-electron chi connectivity index (χ1n) is 7.01. The molecule has 1 fully saturated rings. The highest BCUT2D eigenvalue weighted by Crippen LogP contribution is 2.24.